The summed E-state index contributed by atoms with van der Waals surface area (Å²) in [4.78, 5) is 16.7. The molecule has 2 rings (SSSR count). The van der Waals surface area contributed by atoms with Crippen molar-refractivity contribution in [2.24, 2.45) is 0 Å². The molecular formula is C16H25N3O. The van der Waals surface area contributed by atoms with Crippen LogP contribution in [0.1, 0.15) is 26.2 Å². The summed E-state index contributed by atoms with van der Waals surface area (Å²) in [6.07, 6.45) is 8.78. The molecule has 2 amide bonds. The first-order valence-corrected chi connectivity index (χ1v) is 7.37. The molecular weight excluding hydrogens is 250 g/mol. The Hall–Kier alpha value is -1.55. The highest BCUT2D eigenvalue weighted by molar-refractivity contribution is 5.77. The molecule has 0 aromatic heterocycles. The van der Waals surface area contributed by atoms with E-state index in [9.17, 15) is 4.79 Å². The van der Waals surface area contributed by atoms with Crippen LogP contribution in [-0.4, -0.2) is 48.6 Å². The first-order chi connectivity index (χ1) is 9.61. The second kappa shape index (κ2) is 6.75. The van der Waals surface area contributed by atoms with Crippen molar-refractivity contribution < 1.29 is 4.79 Å². The van der Waals surface area contributed by atoms with Crippen LogP contribution in [0.2, 0.25) is 0 Å². The molecule has 2 aliphatic heterocycles. The van der Waals surface area contributed by atoms with Gasteiger partial charge >= 0.3 is 6.03 Å². The Morgan fingerprint density at radius 1 is 1.30 bits per heavy atom. The molecule has 0 aromatic rings. The topological polar surface area (TPSA) is 35.6 Å². The molecule has 1 saturated heterocycles. The Balaban J connectivity index is 2.04. The van der Waals surface area contributed by atoms with Gasteiger partial charge < -0.3 is 15.1 Å². The van der Waals surface area contributed by atoms with Gasteiger partial charge in [0.1, 0.15) is 0 Å². The Bertz CT molecular complexity index is 431. The molecule has 0 unspecified atom stereocenters. The molecule has 0 radical (unpaired) electrons. The van der Waals surface area contributed by atoms with E-state index in [4.69, 9.17) is 0 Å². The molecule has 1 N–H and O–H groups in total. The molecule has 0 aromatic carbocycles. The zero-order chi connectivity index (χ0) is 14.5. The van der Waals surface area contributed by atoms with Gasteiger partial charge in [-0.2, -0.15) is 0 Å². The van der Waals surface area contributed by atoms with Crippen LogP contribution in [0.4, 0.5) is 4.79 Å². The number of likely N-dealkylation sites (tertiary alicyclic amines) is 1. The minimum Gasteiger partial charge on any atom is -0.321 e. The number of piperidine rings is 1. The van der Waals surface area contributed by atoms with E-state index in [-0.39, 0.29) is 6.03 Å². The quantitative estimate of drug-likeness (QED) is 0.803. The van der Waals surface area contributed by atoms with Crippen LogP contribution in [-0.2, 0) is 0 Å². The minimum absolute atomic E-state index is 0.0547. The zero-order valence-corrected chi connectivity index (χ0v) is 12.6. The molecule has 2 heterocycles. The number of hydrogen-bond donors (Lipinski definition) is 1. The Labute approximate surface area is 121 Å². The van der Waals surface area contributed by atoms with Crippen molar-refractivity contribution >= 4 is 6.03 Å². The van der Waals surface area contributed by atoms with Gasteiger partial charge in [0.05, 0.1) is 0 Å². The van der Waals surface area contributed by atoms with Crippen molar-refractivity contribution in [1.29, 1.82) is 0 Å². The van der Waals surface area contributed by atoms with Gasteiger partial charge in [-0.1, -0.05) is 24.8 Å². The van der Waals surface area contributed by atoms with Gasteiger partial charge in [0.25, 0.3) is 0 Å². The lowest BCUT2D eigenvalue weighted by Gasteiger charge is -2.36. The third-order valence-corrected chi connectivity index (χ3v) is 4.22. The molecule has 0 atom stereocenters. The molecule has 0 bridgehead atoms. The highest BCUT2D eigenvalue weighted by Crippen LogP contribution is 2.21. The summed E-state index contributed by atoms with van der Waals surface area (Å²) in [5.74, 6) is 0. The second-order valence-electron chi connectivity index (χ2n) is 5.65. The molecule has 0 spiro atoms. The number of carbonyl (C=O) groups excluding carboxylic acids is 1. The third-order valence-electron chi connectivity index (χ3n) is 4.22. The van der Waals surface area contributed by atoms with E-state index in [1.54, 1.807) is 6.08 Å². The molecule has 20 heavy (non-hydrogen) atoms. The SMILES string of the molecule is C=C/C=C\C1=C(C)NC(=O)N(C2CCN(C)CC2)CC1. The zero-order valence-electron chi connectivity index (χ0n) is 12.6. The van der Waals surface area contributed by atoms with Crippen LogP contribution >= 0.6 is 0 Å². The summed E-state index contributed by atoms with van der Waals surface area (Å²) >= 11 is 0. The van der Waals surface area contributed by atoms with E-state index in [0.717, 1.165) is 44.6 Å². The summed E-state index contributed by atoms with van der Waals surface area (Å²) in [5.41, 5.74) is 2.15. The maximum atomic E-state index is 12.3. The molecule has 0 saturated carbocycles. The number of hydrogen-bond acceptors (Lipinski definition) is 2. The maximum Gasteiger partial charge on any atom is 0.321 e. The van der Waals surface area contributed by atoms with Gasteiger partial charge in [-0.15, -0.1) is 0 Å². The first-order valence-electron chi connectivity index (χ1n) is 7.37. The van der Waals surface area contributed by atoms with Gasteiger partial charge in [-0.3, -0.25) is 0 Å². The first kappa shape index (κ1) is 14.9. The lowest BCUT2D eigenvalue weighted by Crippen LogP contribution is -2.49. The normalized spacial score (nSPS) is 23.1. The smallest absolute Gasteiger partial charge is 0.321 e. The maximum absolute atomic E-state index is 12.3. The van der Waals surface area contributed by atoms with Crippen LogP contribution in [0.25, 0.3) is 0 Å². The Morgan fingerprint density at radius 3 is 2.65 bits per heavy atom. The van der Waals surface area contributed by atoms with E-state index in [1.165, 1.54) is 5.57 Å². The van der Waals surface area contributed by atoms with Crippen molar-refractivity contribution in [2.45, 2.75) is 32.2 Å². The molecule has 0 aliphatic carbocycles. The monoisotopic (exact) mass is 275 g/mol. The van der Waals surface area contributed by atoms with Crippen molar-refractivity contribution in [3.63, 3.8) is 0 Å². The fraction of sp³-hybridized carbons (Fsp3) is 0.562. The number of urea groups is 1. The van der Waals surface area contributed by atoms with Gasteiger partial charge in [0, 0.05) is 18.3 Å². The number of nitrogens with zero attached hydrogens (tertiary/aromatic N) is 2. The van der Waals surface area contributed by atoms with Gasteiger partial charge in [0.2, 0.25) is 0 Å². The fourth-order valence-corrected chi connectivity index (χ4v) is 2.89. The number of carbonyl (C=O) groups is 1. The minimum atomic E-state index is 0.0547. The lowest BCUT2D eigenvalue weighted by atomic mass is 10.0. The molecule has 2 aliphatic rings. The number of rotatable bonds is 3. The predicted octanol–water partition coefficient (Wildman–Crippen LogP) is 2.51. The van der Waals surface area contributed by atoms with Gasteiger partial charge in [-0.05, 0) is 51.9 Å². The van der Waals surface area contributed by atoms with Crippen molar-refractivity contribution in [3.05, 3.63) is 36.1 Å². The highest BCUT2D eigenvalue weighted by Gasteiger charge is 2.28. The van der Waals surface area contributed by atoms with E-state index < -0.39 is 0 Å². The summed E-state index contributed by atoms with van der Waals surface area (Å²) in [6, 6.07) is 0.431. The number of allylic oxidation sites excluding steroid dienone is 4. The molecule has 4 heteroatoms. The standard InChI is InChI=1S/C16H25N3O/c1-4-5-6-14-7-12-19(16(20)17-13(14)2)15-8-10-18(3)11-9-15/h4-6,15H,1,7-12H2,2-3H3,(H,17,20)/b6-5-. The second-order valence-corrected chi connectivity index (χ2v) is 5.65. The molecule has 4 nitrogen and oxygen atoms in total. The third kappa shape index (κ3) is 3.51. The fourth-order valence-electron chi connectivity index (χ4n) is 2.89. The largest absolute Gasteiger partial charge is 0.321 e. The van der Waals surface area contributed by atoms with E-state index in [0.29, 0.717) is 6.04 Å². The number of amides is 2. The van der Waals surface area contributed by atoms with Gasteiger partial charge in [-0.25, -0.2) is 4.79 Å². The molecule has 1 fully saturated rings. The van der Waals surface area contributed by atoms with E-state index in [1.807, 2.05) is 24.0 Å². The average molecular weight is 275 g/mol. The van der Waals surface area contributed by atoms with Crippen LogP contribution in [0.15, 0.2) is 36.1 Å². The summed E-state index contributed by atoms with van der Waals surface area (Å²) in [6.45, 7) is 8.61. The Kier molecular flexibility index (Phi) is 5.01. The average Bonchev–Trinajstić information content (AvgIpc) is 2.56. The van der Waals surface area contributed by atoms with Crippen molar-refractivity contribution in [2.75, 3.05) is 26.7 Å². The number of nitrogens with one attached hydrogen (secondary N) is 1. The summed E-state index contributed by atoms with van der Waals surface area (Å²) in [5, 5.41) is 3.03. The van der Waals surface area contributed by atoms with Crippen LogP contribution in [0.3, 0.4) is 0 Å². The van der Waals surface area contributed by atoms with Crippen molar-refractivity contribution in [3.8, 4) is 0 Å². The van der Waals surface area contributed by atoms with Crippen LogP contribution in [0.5, 0.6) is 0 Å². The summed E-state index contributed by atoms with van der Waals surface area (Å²) < 4.78 is 0. The van der Waals surface area contributed by atoms with Gasteiger partial charge in [0.15, 0.2) is 0 Å². The van der Waals surface area contributed by atoms with E-state index in [2.05, 4.69) is 23.8 Å². The Morgan fingerprint density at radius 2 is 2.00 bits per heavy atom. The van der Waals surface area contributed by atoms with E-state index >= 15 is 0 Å². The highest BCUT2D eigenvalue weighted by atomic mass is 16.2. The van der Waals surface area contributed by atoms with Crippen LogP contribution in [0, 0.1) is 0 Å². The molecule has 110 valence electrons. The lowest BCUT2D eigenvalue weighted by molar-refractivity contribution is 0.135. The summed E-state index contributed by atoms with van der Waals surface area (Å²) in [7, 11) is 2.14. The predicted molar refractivity (Wildman–Crippen MR) is 82.4 cm³/mol. The van der Waals surface area contributed by atoms with Crippen molar-refractivity contribution in [1.82, 2.24) is 15.1 Å². The van der Waals surface area contributed by atoms with Crippen LogP contribution < -0.4 is 5.32 Å².